The normalized spacial score (nSPS) is 12.6. The molecule has 0 aliphatic rings. The van der Waals surface area contributed by atoms with Gasteiger partial charge < -0.3 is 5.32 Å². The van der Waals surface area contributed by atoms with E-state index in [2.05, 4.69) is 10.4 Å². The van der Waals surface area contributed by atoms with Gasteiger partial charge in [0, 0.05) is 19.1 Å². The van der Waals surface area contributed by atoms with E-state index >= 15 is 0 Å². The highest BCUT2D eigenvalue weighted by atomic mass is 35.5. The molecule has 1 atom stereocenters. The second kappa shape index (κ2) is 7.05. The summed E-state index contributed by atoms with van der Waals surface area (Å²) in [7, 11) is 0. The van der Waals surface area contributed by atoms with Crippen LogP contribution in [-0.2, 0) is 19.5 Å². The molecule has 1 heterocycles. The van der Waals surface area contributed by atoms with Crippen molar-refractivity contribution in [3.05, 3.63) is 52.1 Å². The molecule has 2 aromatic rings. The number of benzene rings is 1. The molecule has 1 aromatic carbocycles. The molecule has 2 rings (SSSR count). The molecule has 5 heteroatoms. The fourth-order valence-electron chi connectivity index (χ4n) is 2.33. The smallest absolute Gasteiger partial charge is 0.123 e. The molecular formula is C16H21ClFN3. The SMILES string of the molecule is CCc1nn(CC)c(CN[C@H](C)c2cccc(F)c2)c1Cl. The summed E-state index contributed by atoms with van der Waals surface area (Å²) in [5.41, 5.74) is 2.83. The van der Waals surface area contributed by atoms with Crippen molar-refractivity contribution in [3.8, 4) is 0 Å². The van der Waals surface area contributed by atoms with E-state index in [-0.39, 0.29) is 11.9 Å². The Morgan fingerprint density at radius 3 is 2.76 bits per heavy atom. The summed E-state index contributed by atoms with van der Waals surface area (Å²) in [6.07, 6.45) is 0.818. The minimum absolute atomic E-state index is 0.0436. The molecular weight excluding hydrogens is 289 g/mol. The van der Waals surface area contributed by atoms with E-state index in [0.29, 0.717) is 6.54 Å². The molecule has 0 amide bonds. The quantitative estimate of drug-likeness (QED) is 0.870. The number of aryl methyl sites for hydroxylation is 2. The van der Waals surface area contributed by atoms with E-state index in [0.717, 1.165) is 34.9 Å². The molecule has 3 nitrogen and oxygen atoms in total. The van der Waals surface area contributed by atoms with Crippen LogP contribution in [0.3, 0.4) is 0 Å². The van der Waals surface area contributed by atoms with Crippen LogP contribution in [-0.4, -0.2) is 9.78 Å². The van der Waals surface area contributed by atoms with E-state index < -0.39 is 0 Å². The highest BCUT2D eigenvalue weighted by Gasteiger charge is 2.15. The largest absolute Gasteiger partial charge is 0.305 e. The van der Waals surface area contributed by atoms with Crippen LogP contribution in [0.25, 0.3) is 0 Å². The third-order valence-corrected chi connectivity index (χ3v) is 4.05. The van der Waals surface area contributed by atoms with Crippen LogP contribution < -0.4 is 5.32 Å². The lowest BCUT2D eigenvalue weighted by Gasteiger charge is -2.15. The van der Waals surface area contributed by atoms with E-state index in [1.54, 1.807) is 12.1 Å². The summed E-state index contributed by atoms with van der Waals surface area (Å²) in [6.45, 7) is 7.49. The lowest BCUT2D eigenvalue weighted by molar-refractivity contribution is 0.527. The van der Waals surface area contributed by atoms with Gasteiger partial charge in [0.05, 0.1) is 16.4 Å². The van der Waals surface area contributed by atoms with Crippen molar-refractivity contribution in [1.82, 2.24) is 15.1 Å². The molecule has 1 N–H and O–H groups in total. The van der Waals surface area contributed by atoms with Crippen molar-refractivity contribution in [3.63, 3.8) is 0 Å². The molecule has 0 unspecified atom stereocenters. The van der Waals surface area contributed by atoms with E-state index in [9.17, 15) is 4.39 Å². The Bertz CT molecular complexity index is 610. The third-order valence-electron chi connectivity index (χ3n) is 3.62. The van der Waals surface area contributed by atoms with E-state index in [4.69, 9.17) is 11.6 Å². The second-order valence-electron chi connectivity index (χ2n) is 5.03. The predicted molar refractivity (Wildman–Crippen MR) is 83.9 cm³/mol. The standard InChI is InChI=1S/C16H21ClFN3/c1-4-14-16(17)15(21(5-2)20-14)10-19-11(3)12-7-6-8-13(18)9-12/h6-9,11,19H,4-5,10H2,1-3H3/t11-/m1/s1. The summed E-state index contributed by atoms with van der Waals surface area (Å²) in [4.78, 5) is 0. The van der Waals surface area contributed by atoms with E-state index in [1.165, 1.54) is 6.07 Å². The minimum atomic E-state index is -0.217. The van der Waals surface area contributed by atoms with Gasteiger partial charge in [0.25, 0.3) is 0 Å². The van der Waals surface area contributed by atoms with Gasteiger partial charge in [-0.05, 0) is 38.0 Å². The van der Waals surface area contributed by atoms with Crippen LogP contribution in [0.1, 0.15) is 43.8 Å². The molecule has 0 aliphatic carbocycles. The molecule has 0 radical (unpaired) electrons. The van der Waals surface area contributed by atoms with Gasteiger partial charge in [0.15, 0.2) is 0 Å². The summed E-state index contributed by atoms with van der Waals surface area (Å²) in [5.74, 6) is -0.217. The maximum atomic E-state index is 13.3. The zero-order valence-corrected chi connectivity index (χ0v) is 13.4. The summed E-state index contributed by atoms with van der Waals surface area (Å²) in [6, 6.07) is 6.68. The number of aromatic nitrogens is 2. The second-order valence-corrected chi connectivity index (χ2v) is 5.41. The zero-order chi connectivity index (χ0) is 15.4. The van der Waals surface area contributed by atoms with Gasteiger partial charge in [0.1, 0.15) is 5.82 Å². The van der Waals surface area contributed by atoms with Crippen molar-refractivity contribution < 1.29 is 4.39 Å². The van der Waals surface area contributed by atoms with Gasteiger partial charge in [-0.2, -0.15) is 5.10 Å². The fraction of sp³-hybridized carbons (Fsp3) is 0.438. The first kappa shape index (κ1) is 16.0. The first-order chi connectivity index (χ1) is 10.1. The van der Waals surface area contributed by atoms with Crippen LogP contribution in [0.5, 0.6) is 0 Å². The average molecular weight is 310 g/mol. The van der Waals surface area contributed by atoms with Crippen molar-refractivity contribution >= 4 is 11.6 Å². The maximum Gasteiger partial charge on any atom is 0.123 e. The fourth-order valence-corrected chi connectivity index (χ4v) is 2.67. The number of halogens is 2. The van der Waals surface area contributed by atoms with Crippen LogP contribution in [0, 0.1) is 5.82 Å². The van der Waals surface area contributed by atoms with Crippen LogP contribution in [0.4, 0.5) is 4.39 Å². The van der Waals surface area contributed by atoms with Gasteiger partial charge in [-0.3, -0.25) is 4.68 Å². The number of rotatable bonds is 6. The van der Waals surface area contributed by atoms with Crippen molar-refractivity contribution in [2.75, 3.05) is 0 Å². The molecule has 0 fully saturated rings. The van der Waals surface area contributed by atoms with Crippen LogP contribution in [0.2, 0.25) is 5.02 Å². The Hall–Kier alpha value is -1.39. The summed E-state index contributed by atoms with van der Waals surface area (Å²) in [5, 5.41) is 8.61. The molecule has 0 saturated heterocycles. The summed E-state index contributed by atoms with van der Waals surface area (Å²) < 4.78 is 15.2. The van der Waals surface area contributed by atoms with Gasteiger partial charge in [-0.25, -0.2) is 4.39 Å². The van der Waals surface area contributed by atoms with Gasteiger partial charge in [-0.1, -0.05) is 30.7 Å². The molecule has 114 valence electrons. The minimum Gasteiger partial charge on any atom is -0.305 e. The number of nitrogens with zero attached hydrogens (tertiary/aromatic N) is 2. The number of nitrogens with one attached hydrogen (secondary N) is 1. The Kier molecular flexibility index (Phi) is 5.37. The molecule has 0 spiro atoms. The Balaban J connectivity index is 2.11. The first-order valence-corrected chi connectivity index (χ1v) is 7.67. The van der Waals surface area contributed by atoms with Crippen LogP contribution >= 0.6 is 11.6 Å². The molecule has 1 aromatic heterocycles. The third kappa shape index (κ3) is 3.63. The maximum absolute atomic E-state index is 13.3. The lowest BCUT2D eigenvalue weighted by Crippen LogP contribution is -2.20. The summed E-state index contributed by atoms with van der Waals surface area (Å²) >= 11 is 6.38. The Morgan fingerprint density at radius 1 is 1.38 bits per heavy atom. The number of hydrogen-bond acceptors (Lipinski definition) is 2. The Morgan fingerprint density at radius 2 is 2.14 bits per heavy atom. The molecule has 0 aliphatic heterocycles. The molecule has 21 heavy (non-hydrogen) atoms. The van der Waals surface area contributed by atoms with Crippen molar-refractivity contribution in [2.24, 2.45) is 0 Å². The molecule has 0 bridgehead atoms. The highest BCUT2D eigenvalue weighted by molar-refractivity contribution is 6.31. The average Bonchev–Trinajstić information content (AvgIpc) is 2.80. The van der Waals surface area contributed by atoms with Gasteiger partial charge in [-0.15, -0.1) is 0 Å². The highest BCUT2D eigenvalue weighted by Crippen LogP contribution is 2.22. The van der Waals surface area contributed by atoms with Gasteiger partial charge >= 0.3 is 0 Å². The van der Waals surface area contributed by atoms with E-state index in [1.807, 2.05) is 31.5 Å². The number of hydrogen-bond donors (Lipinski definition) is 1. The first-order valence-electron chi connectivity index (χ1n) is 7.29. The van der Waals surface area contributed by atoms with Crippen molar-refractivity contribution in [2.45, 2.75) is 46.3 Å². The Labute approximate surface area is 130 Å². The van der Waals surface area contributed by atoms with Gasteiger partial charge in [0.2, 0.25) is 0 Å². The predicted octanol–water partition coefficient (Wildman–Crippen LogP) is 4.11. The topological polar surface area (TPSA) is 29.9 Å². The zero-order valence-electron chi connectivity index (χ0n) is 12.7. The molecule has 0 saturated carbocycles. The lowest BCUT2D eigenvalue weighted by atomic mass is 10.1. The monoisotopic (exact) mass is 309 g/mol. The van der Waals surface area contributed by atoms with Crippen LogP contribution in [0.15, 0.2) is 24.3 Å². The van der Waals surface area contributed by atoms with Crippen molar-refractivity contribution in [1.29, 1.82) is 0 Å².